The van der Waals surface area contributed by atoms with Gasteiger partial charge in [-0.2, -0.15) is 11.8 Å². The van der Waals surface area contributed by atoms with Crippen LogP contribution < -0.4 is 5.32 Å². The van der Waals surface area contributed by atoms with Gasteiger partial charge in [0.1, 0.15) is 5.01 Å². The molecule has 1 heterocycles. The van der Waals surface area contributed by atoms with Crippen molar-refractivity contribution in [2.24, 2.45) is 5.92 Å². The van der Waals surface area contributed by atoms with Gasteiger partial charge in [-0.05, 0) is 18.2 Å². The van der Waals surface area contributed by atoms with Crippen molar-refractivity contribution < 1.29 is 0 Å². The molecule has 4 heteroatoms. The second-order valence-corrected chi connectivity index (χ2v) is 8.52. The zero-order chi connectivity index (χ0) is 14.5. The van der Waals surface area contributed by atoms with Gasteiger partial charge in [0, 0.05) is 22.6 Å². The number of aromatic nitrogens is 1. The van der Waals surface area contributed by atoms with Gasteiger partial charge < -0.3 is 5.32 Å². The lowest BCUT2D eigenvalue weighted by Crippen LogP contribution is -2.18. The van der Waals surface area contributed by atoms with Gasteiger partial charge in [0.15, 0.2) is 0 Å². The molecule has 0 unspecified atom stereocenters. The van der Waals surface area contributed by atoms with E-state index in [1.54, 1.807) is 0 Å². The molecule has 0 aliphatic carbocycles. The van der Waals surface area contributed by atoms with Crippen LogP contribution in [0.3, 0.4) is 0 Å². The van der Waals surface area contributed by atoms with Crippen LogP contribution in [0.4, 0.5) is 0 Å². The summed E-state index contributed by atoms with van der Waals surface area (Å²) < 4.78 is 0. The van der Waals surface area contributed by atoms with Crippen LogP contribution in [0.2, 0.25) is 0 Å². The zero-order valence-corrected chi connectivity index (χ0v) is 14.8. The average molecular weight is 301 g/mol. The van der Waals surface area contributed by atoms with Crippen molar-refractivity contribution in [3.8, 4) is 0 Å². The van der Waals surface area contributed by atoms with Crippen molar-refractivity contribution in [2.45, 2.75) is 59.3 Å². The van der Waals surface area contributed by atoms with E-state index >= 15 is 0 Å². The molecular formula is C15H28N2S2. The van der Waals surface area contributed by atoms with Crippen molar-refractivity contribution in [1.29, 1.82) is 0 Å². The molecule has 0 amide bonds. The van der Waals surface area contributed by atoms with Gasteiger partial charge in [-0.25, -0.2) is 4.98 Å². The first-order chi connectivity index (χ1) is 8.84. The number of nitrogens with one attached hydrogen (secondary N) is 1. The Balaban J connectivity index is 2.75. The van der Waals surface area contributed by atoms with Crippen LogP contribution in [-0.4, -0.2) is 17.3 Å². The molecule has 0 atom stereocenters. The van der Waals surface area contributed by atoms with E-state index in [0.717, 1.165) is 24.8 Å². The van der Waals surface area contributed by atoms with Gasteiger partial charge in [-0.3, -0.25) is 0 Å². The lowest BCUT2D eigenvalue weighted by molar-refractivity contribution is 0.560. The van der Waals surface area contributed by atoms with Crippen molar-refractivity contribution in [2.75, 3.05) is 12.3 Å². The third-order valence-corrected chi connectivity index (χ3v) is 5.28. The Morgan fingerprint density at radius 2 is 2.00 bits per heavy atom. The molecule has 0 saturated carbocycles. The zero-order valence-electron chi connectivity index (χ0n) is 13.2. The second kappa shape index (κ2) is 7.65. The fourth-order valence-electron chi connectivity index (χ4n) is 1.79. The smallest absolute Gasteiger partial charge is 0.103 e. The van der Waals surface area contributed by atoms with Crippen molar-refractivity contribution in [3.63, 3.8) is 0 Å². The largest absolute Gasteiger partial charge is 0.312 e. The predicted octanol–water partition coefficient (Wildman–Crippen LogP) is 4.44. The lowest BCUT2D eigenvalue weighted by atomic mass is 9.91. The molecule has 19 heavy (non-hydrogen) atoms. The molecular weight excluding hydrogens is 272 g/mol. The minimum absolute atomic E-state index is 0.141. The summed E-state index contributed by atoms with van der Waals surface area (Å²) in [5, 5.41) is 4.71. The fourth-order valence-corrected chi connectivity index (χ4v) is 4.15. The van der Waals surface area contributed by atoms with Crippen molar-refractivity contribution >= 4 is 23.1 Å². The van der Waals surface area contributed by atoms with E-state index in [1.807, 2.05) is 23.1 Å². The van der Waals surface area contributed by atoms with Crippen LogP contribution in [0.15, 0.2) is 0 Å². The summed E-state index contributed by atoms with van der Waals surface area (Å²) in [6.45, 7) is 15.4. The molecule has 0 fully saturated rings. The summed E-state index contributed by atoms with van der Waals surface area (Å²) in [7, 11) is 0. The van der Waals surface area contributed by atoms with E-state index in [4.69, 9.17) is 4.98 Å². The Kier molecular flexibility index (Phi) is 6.84. The van der Waals surface area contributed by atoms with Gasteiger partial charge in [-0.15, -0.1) is 11.3 Å². The number of nitrogens with zero attached hydrogens (tertiary/aromatic N) is 1. The lowest BCUT2D eigenvalue weighted by Gasteiger charge is -2.17. The maximum Gasteiger partial charge on any atom is 0.103 e. The first kappa shape index (κ1) is 17.0. The number of hydrogen-bond acceptors (Lipinski definition) is 4. The summed E-state index contributed by atoms with van der Waals surface area (Å²) in [6.07, 6.45) is 0. The Bertz CT molecular complexity index is 378. The third-order valence-electron chi connectivity index (χ3n) is 2.66. The van der Waals surface area contributed by atoms with E-state index in [1.165, 1.54) is 21.3 Å². The maximum atomic E-state index is 4.89. The van der Waals surface area contributed by atoms with Crippen LogP contribution in [0.5, 0.6) is 0 Å². The Labute approximate surface area is 126 Å². The topological polar surface area (TPSA) is 24.9 Å². The number of thiazole rings is 1. The van der Waals surface area contributed by atoms with E-state index in [0.29, 0.717) is 0 Å². The van der Waals surface area contributed by atoms with Crippen LogP contribution in [0.1, 0.15) is 57.1 Å². The summed E-state index contributed by atoms with van der Waals surface area (Å²) in [5.74, 6) is 3.03. The molecule has 0 aliphatic heterocycles. The van der Waals surface area contributed by atoms with Crippen LogP contribution >= 0.6 is 23.1 Å². The van der Waals surface area contributed by atoms with E-state index in [-0.39, 0.29) is 5.41 Å². The summed E-state index contributed by atoms with van der Waals surface area (Å²) in [5.41, 5.74) is 1.42. The molecule has 1 rings (SSSR count). The SMILES string of the molecule is CCNCc1sc(CSCC(C)C)nc1C(C)(C)C. The molecule has 0 saturated heterocycles. The summed E-state index contributed by atoms with van der Waals surface area (Å²) >= 11 is 3.88. The molecule has 0 radical (unpaired) electrons. The fraction of sp³-hybridized carbons (Fsp3) is 0.800. The third kappa shape index (κ3) is 5.84. The number of rotatable bonds is 7. The van der Waals surface area contributed by atoms with Crippen LogP contribution in [0.25, 0.3) is 0 Å². The van der Waals surface area contributed by atoms with Gasteiger partial charge in [-0.1, -0.05) is 41.5 Å². The quantitative estimate of drug-likeness (QED) is 0.806. The van der Waals surface area contributed by atoms with E-state index in [9.17, 15) is 0 Å². The van der Waals surface area contributed by atoms with Gasteiger partial charge >= 0.3 is 0 Å². The molecule has 2 nitrogen and oxygen atoms in total. The molecule has 0 aliphatic rings. The highest BCUT2D eigenvalue weighted by Crippen LogP contribution is 2.31. The minimum atomic E-state index is 0.141. The van der Waals surface area contributed by atoms with Crippen molar-refractivity contribution in [1.82, 2.24) is 10.3 Å². The highest BCUT2D eigenvalue weighted by atomic mass is 32.2. The molecule has 1 aromatic heterocycles. The van der Waals surface area contributed by atoms with E-state index < -0.39 is 0 Å². The van der Waals surface area contributed by atoms with Gasteiger partial charge in [0.05, 0.1) is 5.69 Å². The highest BCUT2D eigenvalue weighted by molar-refractivity contribution is 7.98. The Morgan fingerprint density at radius 3 is 2.53 bits per heavy atom. The highest BCUT2D eigenvalue weighted by Gasteiger charge is 2.22. The Hall–Kier alpha value is -0.0600. The van der Waals surface area contributed by atoms with Gasteiger partial charge in [0.25, 0.3) is 0 Å². The Morgan fingerprint density at radius 1 is 1.32 bits per heavy atom. The van der Waals surface area contributed by atoms with Crippen molar-refractivity contribution in [3.05, 3.63) is 15.6 Å². The molecule has 0 aromatic carbocycles. The first-order valence-corrected chi connectivity index (χ1v) is 9.09. The standard InChI is InChI=1S/C15H28N2S2/c1-7-16-8-12-14(15(4,5)6)17-13(19-12)10-18-9-11(2)3/h11,16H,7-10H2,1-6H3. The van der Waals surface area contributed by atoms with Crippen LogP contribution in [-0.2, 0) is 17.7 Å². The molecule has 0 bridgehead atoms. The normalized spacial score (nSPS) is 12.4. The monoisotopic (exact) mass is 300 g/mol. The number of thioether (sulfide) groups is 1. The summed E-state index contributed by atoms with van der Waals surface area (Å²) in [4.78, 5) is 6.30. The molecule has 1 N–H and O–H groups in total. The minimum Gasteiger partial charge on any atom is -0.312 e. The summed E-state index contributed by atoms with van der Waals surface area (Å²) in [6, 6.07) is 0. The second-order valence-electron chi connectivity index (χ2n) is 6.32. The molecule has 110 valence electrons. The predicted molar refractivity (Wildman–Crippen MR) is 89.2 cm³/mol. The molecule has 1 aromatic rings. The van der Waals surface area contributed by atoms with Gasteiger partial charge in [0.2, 0.25) is 0 Å². The number of hydrogen-bond donors (Lipinski definition) is 1. The van der Waals surface area contributed by atoms with E-state index in [2.05, 4.69) is 46.9 Å². The maximum absolute atomic E-state index is 4.89. The first-order valence-electron chi connectivity index (χ1n) is 7.12. The molecule has 0 spiro atoms. The average Bonchev–Trinajstić information content (AvgIpc) is 2.69. The van der Waals surface area contributed by atoms with Crippen LogP contribution in [0, 0.1) is 5.92 Å².